The number of aliphatic hydroxyl groups is 2. The minimum absolute atomic E-state index is 0.422. The predicted octanol–water partition coefficient (Wildman–Crippen LogP) is 0.298. The average molecular weight is 371 g/mol. The molecule has 1 aliphatic heterocycles. The number of anilines is 1. The summed E-state index contributed by atoms with van der Waals surface area (Å²) in [5.74, 6) is -1.30. The third-order valence-electron chi connectivity index (χ3n) is 4.94. The first kappa shape index (κ1) is 19.1. The summed E-state index contributed by atoms with van der Waals surface area (Å²) in [5, 5.41) is 22.3. The standard InChI is InChI=1S/C20H25N3O4/c1-21(2)19(26)17(24)18(25)20(27)23-11-9-22(10-12-23)16-8-7-14-5-3-4-6-15(14)13-16/h3-8,13,17-18,24-25H,9-12H2,1-2H3/t17-,18-/m1/s1. The number of amides is 2. The third-order valence-corrected chi connectivity index (χ3v) is 4.94. The van der Waals surface area contributed by atoms with Crippen LogP contribution >= 0.6 is 0 Å². The normalized spacial score (nSPS) is 16.9. The summed E-state index contributed by atoms with van der Waals surface area (Å²) in [6, 6.07) is 14.4. The Labute approximate surface area is 158 Å². The molecule has 2 amide bonds. The highest BCUT2D eigenvalue weighted by Gasteiger charge is 2.35. The Morgan fingerprint density at radius 1 is 0.926 bits per heavy atom. The fourth-order valence-electron chi connectivity index (χ4n) is 3.28. The van der Waals surface area contributed by atoms with Crippen LogP contribution in [0, 0.1) is 0 Å². The summed E-state index contributed by atoms with van der Waals surface area (Å²) in [5.41, 5.74) is 1.09. The molecule has 0 bridgehead atoms. The molecule has 2 N–H and O–H groups in total. The van der Waals surface area contributed by atoms with Gasteiger partial charge in [-0.1, -0.05) is 30.3 Å². The van der Waals surface area contributed by atoms with Crippen LogP contribution in [0.2, 0.25) is 0 Å². The Hall–Kier alpha value is -2.64. The fraction of sp³-hybridized carbons (Fsp3) is 0.400. The van der Waals surface area contributed by atoms with Crippen LogP contribution in [0.3, 0.4) is 0 Å². The molecule has 7 heteroatoms. The van der Waals surface area contributed by atoms with Crippen LogP contribution in [-0.4, -0.2) is 84.3 Å². The first-order valence-corrected chi connectivity index (χ1v) is 8.98. The monoisotopic (exact) mass is 371 g/mol. The highest BCUT2D eigenvalue weighted by Crippen LogP contribution is 2.23. The zero-order chi connectivity index (χ0) is 19.6. The molecule has 1 fully saturated rings. The van der Waals surface area contributed by atoms with Crippen molar-refractivity contribution in [3.8, 4) is 0 Å². The first-order valence-electron chi connectivity index (χ1n) is 8.98. The quantitative estimate of drug-likeness (QED) is 0.808. The van der Waals surface area contributed by atoms with E-state index in [1.165, 1.54) is 24.4 Å². The number of hydrogen-bond acceptors (Lipinski definition) is 5. The largest absolute Gasteiger partial charge is 0.380 e. The van der Waals surface area contributed by atoms with Gasteiger partial charge in [0.05, 0.1) is 0 Å². The van der Waals surface area contributed by atoms with E-state index in [1.54, 1.807) is 0 Å². The number of likely N-dealkylation sites (N-methyl/N-ethyl adjacent to an activating group) is 1. The lowest BCUT2D eigenvalue weighted by Gasteiger charge is -2.37. The van der Waals surface area contributed by atoms with Crippen LogP contribution in [0.25, 0.3) is 10.8 Å². The van der Waals surface area contributed by atoms with Crippen LogP contribution in [0.5, 0.6) is 0 Å². The van der Waals surface area contributed by atoms with E-state index in [0.29, 0.717) is 26.2 Å². The lowest BCUT2D eigenvalue weighted by Crippen LogP contribution is -2.55. The summed E-state index contributed by atoms with van der Waals surface area (Å²) < 4.78 is 0. The highest BCUT2D eigenvalue weighted by atomic mass is 16.3. The maximum Gasteiger partial charge on any atom is 0.254 e. The van der Waals surface area contributed by atoms with Crippen molar-refractivity contribution in [1.29, 1.82) is 0 Å². The Kier molecular flexibility index (Phi) is 5.62. The number of rotatable bonds is 4. The van der Waals surface area contributed by atoms with Crippen LogP contribution in [0.15, 0.2) is 42.5 Å². The summed E-state index contributed by atoms with van der Waals surface area (Å²) in [7, 11) is 2.93. The second kappa shape index (κ2) is 7.94. The second-order valence-electron chi connectivity index (χ2n) is 6.97. The van der Waals surface area contributed by atoms with Gasteiger partial charge in [-0.3, -0.25) is 9.59 Å². The van der Waals surface area contributed by atoms with Crippen molar-refractivity contribution in [2.45, 2.75) is 12.2 Å². The molecule has 0 aromatic heterocycles. The van der Waals surface area contributed by atoms with Gasteiger partial charge in [0.15, 0.2) is 12.2 Å². The molecule has 2 aromatic carbocycles. The lowest BCUT2D eigenvalue weighted by atomic mass is 10.1. The van der Waals surface area contributed by atoms with Gasteiger partial charge >= 0.3 is 0 Å². The molecule has 2 aromatic rings. The molecule has 2 atom stereocenters. The molecule has 0 spiro atoms. The Morgan fingerprint density at radius 3 is 2.19 bits per heavy atom. The van der Waals surface area contributed by atoms with E-state index >= 15 is 0 Å². The van der Waals surface area contributed by atoms with Crippen LogP contribution in [0.1, 0.15) is 0 Å². The van der Waals surface area contributed by atoms with E-state index in [4.69, 9.17) is 0 Å². The number of piperazine rings is 1. The van der Waals surface area contributed by atoms with Crippen molar-refractivity contribution in [3.05, 3.63) is 42.5 Å². The van der Waals surface area contributed by atoms with Crippen molar-refractivity contribution in [1.82, 2.24) is 9.80 Å². The number of fused-ring (bicyclic) bond motifs is 1. The first-order chi connectivity index (χ1) is 12.9. The molecule has 0 unspecified atom stereocenters. The predicted molar refractivity (Wildman–Crippen MR) is 103 cm³/mol. The van der Waals surface area contributed by atoms with Crippen LogP contribution in [0.4, 0.5) is 5.69 Å². The van der Waals surface area contributed by atoms with E-state index in [-0.39, 0.29) is 0 Å². The molecule has 1 heterocycles. The summed E-state index contributed by atoms with van der Waals surface area (Å²) >= 11 is 0. The minimum atomic E-state index is -1.74. The second-order valence-corrected chi connectivity index (χ2v) is 6.97. The van der Waals surface area contributed by atoms with Gasteiger partial charge in [-0.2, -0.15) is 0 Å². The van der Waals surface area contributed by atoms with E-state index < -0.39 is 24.0 Å². The van der Waals surface area contributed by atoms with E-state index in [0.717, 1.165) is 16.0 Å². The average Bonchev–Trinajstić information content (AvgIpc) is 2.71. The van der Waals surface area contributed by atoms with Gasteiger partial charge in [0.25, 0.3) is 11.8 Å². The van der Waals surface area contributed by atoms with Gasteiger partial charge in [-0.15, -0.1) is 0 Å². The Balaban J connectivity index is 1.62. The molecular formula is C20H25N3O4. The van der Waals surface area contributed by atoms with Gasteiger partial charge in [0.1, 0.15) is 0 Å². The van der Waals surface area contributed by atoms with Gasteiger partial charge < -0.3 is 24.9 Å². The molecule has 0 aliphatic carbocycles. The number of carbonyl (C=O) groups excluding carboxylic acids is 2. The van der Waals surface area contributed by atoms with Gasteiger partial charge in [0.2, 0.25) is 0 Å². The smallest absolute Gasteiger partial charge is 0.254 e. The summed E-state index contributed by atoms with van der Waals surface area (Å²) in [4.78, 5) is 29.0. The van der Waals surface area contributed by atoms with Crippen molar-refractivity contribution in [3.63, 3.8) is 0 Å². The topological polar surface area (TPSA) is 84.3 Å². The van der Waals surface area contributed by atoms with Crippen molar-refractivity contribution in [2.24, 2.45) is 0 Å². The Morgan fingerprint density at radius 2 is 1.56 bits per heavy atom. The van der Waals surface area contributed by atoms with E-state index in [1.807, 2.05) is 12.1 Å². The SMILES string of the molecule is CN(C)C(=O)[C@H](O)[C@@H](O)C(=O)N1CCN(c2ccc3ccccc3c2)CC1. The van der Waals surface area contributed by atoms with Crippen LogP contribution < -0.4 is 4.90 Å². The summed E-state index contributed by atoms with van der Waals surface area (Å²) in [6.07, 6.45) is -3.49. The molecule has 0 saturated carbocycles. The van der Waals surface area contributed by atoms with E-state index in [2.05, 4.69) is 35.2 Å². The van der Waals surface area contributed by atoms with E-state index in [9.17, 15) is 19.8 Å². The maximum atomic E-state index is 12.4. The maximum absolute atomic E-state index is 12.4. The number of nitrogens with zero attached hydrogens (tertiary/aromatic N) is 3. The molecule has 0 radical (unpaired) electrons. The van der Waals surface area contributed by atoms with Gasteiger partial charge in [-0.25, -0.2) is 0 Å². The zero-order valence-corrected chi connectivity index (χ0v) is 15.6. The van der Waals surface area contributed by atoms with Crippen LogP contribution in [-0.2, 0) is 9.59 Å². The van der Waals surface area contributed by atoms with Crippen molar-refractivity contribution in [2.75, 3.05) is 45.2 Å². The Bertz CT molecular complexity index is 831. The van der Waals surface area contributed by atoms with Crippen molar-refractivity contribution >= 4 is 28.3 Å². The molecule has 27 heavy (non-hydrogen) atoms. The molecule has 144 valence electrons. The minimum Gasteiger partial charge on any atom is -0.380 e. The molecular weight excluding hydrogens is 346 g/mol. The molecule has 1 aliphatic rings. The lowest BCUT2D eigenvalue weighted by molar-refractivity contribution is -0.156. The van der Waals surface area contributed by atoms with Crippen molar-refractivity contribution < 1.29 is 19.8 Å². The molecule has 7 nitrogen and oxygen atoms in total. The fourth-order valence-corrected chi connectivity index (χ4v) is 3.28. The number of hydrogen-bond donors (Lipinski definition) is 2. The zero-order valence-electron chi connectivity index (χ0n) is 15.6. The number of carbonyl (C=O) groups is 2. The molecule has 1 saturated heterocycles. The number of benzene rings is 2. The van der Waals surface area contributed by atoms with Gasteiger partial charge in [0, 0.05) is 46.0 Å². The molecule has 3 rings (SSSR count). The third kappa shape index (κ3) is 4.04. The highest BCUT2D eigenvalue weighted by molar-refractivity contribution is 5.90. The number of aliphatic hydroxyl groups excluding tert-OH is 2. The summed E-state index contributed by atoms with van der Waals surface area (Å²) in [6.45, 7) is 2.08. The van der Waals surface area contributed by atoms with Gasteiger partial charge in [-0.05, 0) is 22.9 Å².